The number of nitro benzene ring substituents is 1. The van der Waals surface area contributed by atoms with Crippen molar-refractivity contribution in [1.82, 2.24) is 0 Å². The Bertz CT molecular complexity index is 868. The number of methoxy groups -OCH3 is 2. The second-order valence-electron chi connectivity index (χ2n) is 6.44. The van der Waals surface area contributed by atoms with E-state index in [0.717, 1.165) is 23.4 Å². The van der Waals surface area contributed by atoms with Crippen molar-refractivity contribution in [2.45, 2.75) is 13.0 Å². The lowest BCUT2D eigenvalue weighted by Gasteiger charge is -2.26. The fraction of sp³-hybridized carbons (Fsp3) is 0.316. The molecule has 1 aliphatic heterocycles. The molecule has 8 nitrogen and oxygen atoms in total. The van der Waals surface area contributed by atoms with Gasteiger partial charge in [0, 0.05) is 29.8 Å². The number of hydrogen-bond acceptors (Lipinski definition) is 5. The van der Waals surface area contributed by atoms with E-state index in [1.165, 1.54) is 17.7 Å². The van der Waals surface area contributed by atoms with Crippen LogP contribution in [-0.4, -0.2) is 38.1 Å². The van der Waals surface area contributed by atoms with Gasteiger partial charge in [-0.1, -0.05) is 6.07 Å². The number of benzene rings is 2. The molecule has 0 fully saturated rings. The number of carbonyl (C=O) groups is 1. The number of hydrogen-bond donors (Lipinski definition) is 2. The third kappa shape index (κ3) is 4.35. The molecule has 142 valence electrons. The van der Waals surface area contributed by atoms with Gasteiger partial charge in [-0.25, -0.2) is 0 Å². The van der Waals surface area contributed by atoms with Gasteiger partial charge in [0.05, 0.1) is 25.7 Å². The molecule has 0 saturated carbocycles. The Kier molecular flexibility index (Phi) is 5.56. The van der Waals surface area contributed by atoms with Gasteiger partial charge in [-0.15, -0.1) is 0 Å². The molecule has 0 bridgehead atoms. The number of non-ortho nitro benzene ring substituents is 1. The summed E-state index contributed by atoms with van der Waals surface area (Å²) in [7, 11) is 3.22. The van der Waals surface area contributed by atoms with E-state index in [2.05, 4.69) is 5.32 Å². The van der Waals surface area contributed by atoms with Crippen molar-refractivity contribution in [2.75, 3.05) is 32.6 Å². The van der Waals surface area contributed by atoms with Gasteiger partial charge < -0.3 is 19.7 Å². The Morgan fingerprint density at radius 2 is 1.89 bits per heavy atom. The summed E-state index contributed by atoms with van der Waals surface area (Å²) >= 11 is 0. The van der Waals surface area contributed by atoms with Gasteiger partial charge in [0.25, 0.3) is 11.6 Å². The summed E-state index contributed by atoms with van der Waals surface area (Å²) in [6.45, 7) is 1.82. The van der Waals surface area contributed by atoms with Crippen molar-refractivity contribution in [1.29, 1.82) is 0 Å². The van der Waals surface area contributed by atoms with E-state index < -0.39 is 4.92 Å². The van der Waals surface area contributed by atoms with E-state index in [1.807, 2.05) is 12.1 Å². The zero-order valence-corrected chi connectivity index (χ0v) is 15.3. The van der Waals surface area contributed by atoms with Crippen LogP contribution >= 0.6 is 0 Å². The second kappa shape index (κ2) is 8.05. The zero-order chi connectivity index (χ0) is 19.4. The predicted molar refractivity (Wildman–Crippen MR) is 99.4 cm³/mol. The number of fused-ring (bicyclic) bond motifs is 1. The Morgan fingerprint density at radius 3 is 2.56 bits per heavy atom. The topological polar surface area (TPSA) is 95.1 Å². The van der Waals surface area contributed by atoms with E-state index in [0.29, 0.717) is 23.7 Å². The predicted octanol–water partition coefficient (Wildman–Crippen LogP) is 1.19. The number of rotatable bonds is 6. The maximum Gasteiger partial charge on any atom is 0.279 e. The lowest BCUT2D eigenvalue weighted by atomic mass is 9.99. The van der Waals surface area contributed by atoms with Crippen molar-refractivity contribution in [2.24, 2.45) is 0 Å². The van der Waals surface area contributed by atoms with Gasteiger partial charge in [0.2, 0.25) is 0 Å². The molecule has 1 heterocycles. The number of carbonyl (C=O) groups excluding carboxylic acids is 1. The van der Waals surface area contributed by atoms with Crippen LogP contribution in [0.4, 0.5) is 11.4 Å². The molecule has 27 heavy (non-hydrogen) atoms. The Labute approximate surface area is 156 Å². The molecule has 2 aromatic rings. The highest BCUT2D eigenvalue weighted by Gasteiger charge is 2.24. The van der Waals surface area contributed by atoms with Gasteiger partial charge >= 0.3 is 0 Å². The summed E-state index contributed by atoms with van der Waals surface area (Å²) < 4.78 is 10.7. The molecule has 2 aromatic carbocycles. The summed E-state index contributed by atoms with van der Waals surface area (Å²) in [4.78, 5) is 23.8. The highest BCUT2D eigenvalue weighted by Crippen LogP contribution is 2.31. The molecule has 0 aliphatic carbocycles. The number of nitrogens with zero attached hydrogens (tertiary/aromatic N) is 1. The van der Waals surface area contributed by atoms with Gasteiger partial charge in [0.15, 0.2) is 18.0 Å². The molecule has 3 rings (SSSR count). The Morgan fingerprint density at radius 1 is 1.19 bits per heavy atom. The van der Waals surface area contributed by atoms with E-state index in [9.17, 15) is 14.9 Å². The average Bonchev–Trinajstić information content (AvgIpc) is 2.66. The van der Waals surface area contributed by atoms with Crippen molar-refractivity contribution in [3.63, 3.8) is 0 Å². The smallest absolute Gasteiger partial charge is 0.279 e. The molecule has 0 radical (unpaired) electrons. The van der Waals surface area contributed by atoms with Crippen molar-refractivity contribution in [3.8, 4) is 11.5 Å². The van der Waals surface area contributed by atoms with Gasteiger partial charge in [0.1, 0.15) is 6.54 Å². The van der Waals surface area contributed by atoms with Gasteiger partial charge in [-0.3, -0.25) is 14.9 Å². The molecular weight excluding hydrogens is 350 g/mol. The number of ether oxygens (including phenoxy) is 2. The van der Waals surface area contributed by atoms with Crippen LogP contribution in [0.25, 0.3) is 0 Å². The summed E-state index contributed by atoms with van der Waals surface area (Å²) in [5.74, 6) is 1.22. The molecule has 1 unspecified atom stereocenters. The highest BCUT2D eigenvalue weighted by molar-refractivity contribution is 5.91. The second-order valence-corrected chi connectivity index (χ2v) is 6.44. The first-order valence-electron chi connectivity index (χ1n) is 8.62. The van der Waals surface area contributed by atoms with Crippen LogP contribution in [0, 0.1) is 10.1 Å². The number of quaternary nitrogens is 1. The van der Waals surface area contributed by atoms with E-state index >= 15 is 0 Å². The van der Waals surface area contributed by atoms with Crippen molar-refractivity contribution in [3.05, 3.63) is 57.6 Å². The van der Waals surface area contributed by atoms with Gasteiger partial charge in [-0.05, 0) is 23.8 Å². The third-order valence-electron chi connectivity index (χ3n) is 4.65. The van der Waals surface area contributed by atoms with Gasteiger partial charge in [-0.2, -0.15) is 0 Å². The van der Waals surface area contributed by atoms with Crippen LogP contribution in [0.2, 0.25) is 0 Å². The lowest BCUT2D eigenvalue weighted by molar-refractivity contribution is -0.907. The van der Waals surface area contributed by atoms with Crippen LogP contribution in [0.5, 0.6) is 11.5 Å². The van der Waals surface area contributed by atoms with Crippen LogP contribution in [0.1, 0.15) is 11.1 Å². The first kappa shape index (κ1) is 18.7. The number of nitro groups is 1. The van der Waals surface area contributed by atoms with Crippen LogP contribution in [0.15, 0.2) is 36.4 Å². The number of amides is 1. The summed E-state index contributed by atoms with van der Waals surface area (Å²) in [6, 6.07) is 9.90. The first-order chi connectivity index (χ1) is 13.0. The SMILES string of the molecule is COc1cc2c(cc1OC)C[NH+](CC(=O)Nc1cccc([N+](=O)[O-])c1)CC2. The normalized spacial score (nSPS) is 15.6. The largest absolute Gasteiger partial charge is 0.493 e. The molecule has 0 saturated heterocycles. The molecule has 1 amide bonds. The lowest BCUT2D eigenvalue weighted by Crippen LogP contribution is -3.12. The average molecular weight is 372 g/mol. The standard InChI is InChI=1S/C19H21N3O5/c1-26-17-8-13-6-7-21(11-14(13)9-18(17)27-2)12-19(23)20-15-4-3-5-16(10-15)22(24)25/h3-5,8-10H,6-7,11-12H2,1-2H3,(H,20,23)/p+1. The van der Waals surface area contributed by atoms with Crippen LogP contribution in [0.3, 0.4) is 0 Å². The van der Waals surface area contributed by atoms with E-state index in [-0.39, 0.29) is 18.1 Å². The summed E-state index contributed by atoms with van der Waals surface area (Å²) in [5, 5.41) is 13.6. The van der Waals surface area contributed by atoms with Crippen LogP contribution in [-0.2, 0) is 17.8 Å². The molecular formula is C19H22N3O5+. The number of anilines is 1. The monoisotopic (exact) mass is 372 g/mol. The Balaban J connectivity index is 1.65. The van der Waals surface area contributed by atoms with Crippen LogP contribution < -0.4 is 19.7 Å². The minimum atomic E-state index is -0.482. The zero-order valence-electron chi connectivity index (χ0n) is 15.3. The van der Waals surface area contributed by atoms with Crippen molar-refractivity contribution >= 4 is 17.3 Å². The quantitative estimate of drug-likeness (QED) is 0.587. The third-order valence-corrected chi connectivity index (χ3v) is 4.65. The minimum Gasteiger partial charge on any atom is -0.493 e. The summed E-state index contributed by atoms with van der Waals surface area (Å²) in [5.41, 5.74) is 2.72. The molecule has 1 atom stereocenters. The fourth-order valence-corrected chi connectivity index (χ4v) is 3.31. The molecule has 1 aliphatic rings. The Hall–Kier alpha value is -3.13. The molecule has 0 aromatic heterocycles. The molecule has 0 spiro atoms. The highest BCUT2D eigenvalue weighted by atomic mass is 16.6. The molecule has 8 heteroatoms. The maximum atomic E-state index is 12.4. The van der Waals surface area contributed by atoms with E-state index in [4.69, 9.17) is 9.47 Å². The van der Waals surface area contributed by atoms with Crippen molar-refractivity contribution < 1.29 is 24.1 Å². The summed E-state index contributed by atoms with van der Waals surface area (Å²) in [6.07, 6.45) is 0.842. The molecule has 2 N–H and O–H groups in total. The maximum absolute atomic E-state index is 12.4. The fourth-order valence-electron chi connectivity index (χ4n) is 3.31. The van der Waals surface area contributed by atoms with E-state index in [1.54, 1.807) is 26.4 Å². The minimum absolute atomic E-state index is 0.0481. The first-order valence-corrected chi connectivity index (χ1v) is 8.62. The number of nitrogens with one attached hydrogen (secondary N) is 2.